The van der Waals surface area contributed by atoms with E-state index < -0.39 is 0 Å². The maximum Gasteiger partial charge on any atom is 0.306 e. The second-order valence-corrected chi connectivity index (χ2v) is 6.82. The number of carbonyl (C=O) groups excluding carboxylic acids is 1. The van der Waals surface area contributed by atoms with Crippen LogP contribution in [0.3, 0.4) is 0 Å². The van der Waals surface area contributed by atoms with Crippen molar-refractivity contribution < 1.29 is 14.1 Å². The SMILES string of the molecule is CC1CCCC(OC(=O)CCc2nc(-c3cccs3)no2)C1. The molecule has 0 radical (unpaired) electrons. The number of ether oxygens (including phenoxy) is 1. The van der Waals surface area contributed by atoms with Gasteiger partial charge in [-0.3, -0.25) is 4.79 Å². The van der Waals surface area contributed by atoms with E-state index in [4.69, 9.17) is 9.26 Å². The Morgan fingerprint density at radius 1 is 1.50 bits per heavy atom. The zero-order valence-corrected chi connectivity index (χ0v) is 13.5. The van der Waals surface area contributed by atoms with E-state index >= 15 is 0 Å². The molecule has 2 atom stereocenters. The molecule has 3 rings (SSSR count). The molecular formula is C16H20N2O3S. The van der Waals surface area contributed by atoms with Crippen LogP contribution in [-0.4, -0.2) is 22.2 Å². The largest absolute Gasteiger partial charge is 0.462 e. The Kier molecular flexibility index (Phi) is 4.87. The number of esters is 1. The summed E-state index contributed by atoms with van der Waals surface area (Å²) in [5.74, 6) is 1.54. The number of hydrogen-bond donors (Lipinski definition) is 0. The Hall–Kier alpha value is -1.69. The lowest BCUT2D eigenvalue weighted by Crippen LogP contribution is -2.24. The monoisotopic (exact) mass is 320 g/mol. The Bertz CT molecular complexity index is 609. The van der Waals surface area contributed by atoms with E-state index in [0.717, 1.165) is 24.1 Å². The normalized spacial score (nSPS) is 21.7. The molecule has 0 N–H and O–H groups in total. The summed E-state index contributed by atoms with van der Waals surface area (Å²) in [5, 5.41) is 5.90. The van der Waals surface area contributed by atoms with Crippen LogP contribution in [0.1, 0.15) is 44.9 Å². The van der Waals surface area contributed by atoms with Crippen molar-refractivity contribution >= 4 is 17.3 Å². The molecule has 0 amide bonds. The van der Waals surface area contributed by atoms with Crippen molar-refractivity contribution in [3.63, 3.8) is 0 Å². The van der Waals surface area contributed by atoms with Crippen molar-refractivity contribution in [2.75, 3.05) is 0 Å². The summed E-state index contributed by atoms with van der Waals surface area (Å²) in [4.78, 5) is 17.2. The molecule has 0 saturated heterocycles. The van der Waals surface area contributed by atoms with E-state index in [2.05, 4.69) is 17.1 Å². The van der Waals surface area contributed by atoms with Gasteiger partial charge < -0.3 is 9.26 Å². The van der Waals surface area contributed by atoms with Crippen LogP contribution in [0.2, 0.25) is 0 Å². The van der Waals surface area contributed by atoms with Gasteiger partial charge in [-0.05, 0) is 36.6 Å². The summed E-state index contributed by atoms with van der Waals surface area (Å²) in [5.41, 5.74) is 0. The molecule has 0 aromatic carbocycles. The topological polar surface area (TPSA) is 65.2 Å². The Morgan fingerprint density at radius 3 is 3.18 bits per heavy atom. The molecule has 2 aromatic heterocycles. The van der Waals surface area contributed by atoms with Gasteiger partial charge in [0.2, 0.25) is 11.7 Å². The fourth-order valence-electron chi connectivity index (χ4n) is 2.80. The molecule has 2 heterocycles. The third kappa shape index (κ3) is 3.94. The molecule has 2 aromatic rings. The first kappa shape index (κ1) is 15.2. The highest BCUT2D eigenvalue weighted by molar-refractivity contribution is 7.13. The van der Waals surface area contributed by atoms with Crippen LogP contribution < -0.4 is 0 Å². The fourth-order valence-corrected chi connectivity index (χ4v) is 3.45. The maximum absolute atomic E-state index is 11.9. The third-order valence-corrected chi connectivity index (χ3v) is 4.80. The summed E-state index contributed by atoms with van der Waals surface area (Å²) >= 11 is 1.56. The van der Waals surface area contributed by atoms with Gasteiger partial charge in [0.15, 0.2) is 0 Å². The fraction of sp³-hybridized carbons (Fsp3) is 0.562. The molecule has 1 saturated carbocycles. The molecule has 118 valence electrons. The van der Waals surface area contributed by atoms with Gasteiger partial charge in [0.1, 0.15) is 6.10 Å². The highest BCUT2D eigenvalue weighted by Gasteiger charge is 2.22. The van der Waals surface area contributed by atoms with Crippen LogP contribution >= 0.6 is 11.3 Å². The second-order valence-electron chi connectivity index (χ2n) is 5.87. The van der Waals surface area contributed by atoms with Gasteiger partial charge in [0.05, 0.1) is 11.3 Å². The molecule has 22 heavy (non-hydrogen) atoms. The van der Waals surface area contributed by atoms with Crippen molar-refractivity contribution in [3.8, 4) is 10.7 Å². The van der Waals surface area contributed by atoms with E-state index in [0.29, 0.717) is 24.1 Å². The van der Waals surface area contributed by atoms with Gasteiger partial charge in [-0.1, -0.05) is 24.6 Å². The van der Waals surface area contributed by atoms with E-state index in [-0.39, 0.29) is 18.5 Å². The van der Waals surface area contributed by atoms with E-state index in [1.807, 2.05) is 17.5 Å². The van der Waals surface area contributed by atoms with Gasteiger partial charge in [0, 0.05) is 6.42 Å². The molecule has 1 aliphatic rings. The van der Waals surface area contributed by atoms with E-state index in [1.165, 1.54) is 6.42 Å². The minimum atomic E-state index is -0.171. The summed E-state index contributed by atoms with van der Waals surface area (Å²) in [7, 11) is 0. The van der Waals surface area contributed by atoms with Crippen LogP contribution in [0, 0.1) is 5.92 Å². The molecule has 0 spiro atoms. The summed E-state index contributed by atoms with van der Waals surface area (Å²) in [6, 6.07) is 3.89. The van der Waals surface area contributed by atoms with Gasteiger partial charge >= 0.3 is 5.97 Å². The van der Waals surface area contributed by atoms with Crippen LogP contribution in [0.5, 0.6) is 0 Å². The summed E-state index contributed by atoms with van der Waals surface area (Å²) < 4.78 is 10.7. The van der Waals surface area contributed by atoms with Crippen molar-refractivity contribution in [1.82, 2.24) is 10.1 Å². The molecule has 1 aliphatic carbocycles. The molecule has 2 unspecified atom stereocenters. The van der Waals surface area contributed by atoms with E-state index in [9.17, 15) is 4.79 Å². The Morgan fingerprint density at radius 2 is 2.41 bits per heavy atom. The lowest BCUT2D eigenvalue weighted by Gasteiger charge is -2.26. The predicted molar refractivity (Wildman–Crippen MR) is 83.4 cm³/mol. The smallest absolute Gasteiger partial charge is 0.306 e. The number of hydrogen-bond acceptors (Lipinski definition) is 6. The van der Waals surface area contributed by atoms with Gasteiger partial charge in [-0.2, -0.15) is 4.98 Å². The van der Waals surface area contributed by atoms with Crippen LogP contribution in [0.15, 0.2) is 22.0 Å². The Balaban J connectivity index is 1.47. The minimum Gasteiger partial charge on any atom is -0.462 e. The third-order valence-electron chi connectivity index (χ3n) is 3.94. The molecule has 0 aliphatic heterocycles. The number of carbonyl (C=O) groups is 1. The van der Waals surface area contributed by atoms with Crippen molar-refractivity contribution in [1.29, 1.82) is 0 Å². The first-order valence-electron chi connectivity index (χ1n) is 7.76. The molecular weight excluding hydrogens is 300 g/mol. The average Bonchev–Trinajstić information content (AvgIpc) is 3.16. The van der Waals surface area contributed by atoms with Crippen LogP contribution in [-0.2, 0) is 16.0 Å². The average molecular weight is 320 g/mol. The van der Waals surface area contributed by atoms with Crippen LogP contribution in [0.4, 0.5) is 0 Å². The highest BCUT2D eigenvalue weighted by atomic mass is 32.1. The lowest BCUT2D eigenvalue weighted by atomic mass is 9.89. The van der Waals surface area contributed by atoms with Crippen LogP contribution in [0.25, 0.3) is 10.7 Å². The molecule has 5 nitrogen and oxygen atoms in total. The van der Waals surface area contributed by atoms with Gasteiger partial charge in [0.25, 0.3) is 0 Å². The first-order valence-corrected chi connectivity index (χ1v) is 8.64. The molecule has 1 fully saturated rings. The quantitative estimate of drug-likeness (QED) is 0.783. The Labute approximate surface area is 133 Å². The maximum atomic E-state index is 11.9. The van der Waals surface area contributed by atoms with E-state index in [1.54, 1.807) is 11.3 Å². The summed E-state index contributed by atoms with van der Waals surface area (Å²) in [6.07, 6.45) is 5.15. The highest BCUT2D eigenvalue weighted by Crippen LogP contribution is 2.26. The van der Waals surface area contributed by atoms with Crippen molar-refractivity contribution in [2.45, 2.75) is 51.6 Å². The predicted octanol–water partition coefficient (Wildman–Crippen LogP) is 3.85. The molecule has 6 heteroatoms. The van der Waals surface area contributed by atoms with Gasteiger partial charge in [-0.15, -0.1) is 11.3 Å². The number of aromatic nitrogens is 2. The molecule has 0 bridgehead atoms. The number of nitrogens with zero attached hydrogens (tertiary/aromatic N) is 2. The van der Waals surface area contributed by atoms with Crippen molar-refractivity contribution in [2.24, 2.45) is 5.92 Å². The minimum absolute atomic E-state index is 0.0839. The zero-order chi connectivity index (χ0) is 15.4. The van der Waals surface area contributed by atoms with Crippen molar-refractivity contribution in [3.05, 3.63) is 23.4 Å². The number of thiophene rings is 1. The zero-order valence-electron chi connectivity index (χ0n) is 12.7. The second kappa shape index (κ2) is 7.05. The standard InChI is InChI=1S/C16H20N2O3S/c1-11-4-2-5-12(10-11)20-15(19)8-7-14-17-16(18-21-14)13-6-3-9-22-13/h3,6,9,11-12H,2,4-5,7-8,10H2,1H3. The first-order chi connectivity index (χ1) is 10.7. The lowest BCUT2D eigenvalue weighted by molar-refractivity contribution is -0.151. The summed E-state index contributed by atoms with van der Waals surface area (Å²) in [6.45, 7) is 2.21. The number of rotatable bonds is 5. The van der Waals surface area contributed by atoms with Gasteiger partial charge in [-0.25, -0.2) is 0 Å². The number of aryl methyl sites for hydroxylation is 1.